The molecule has 0 amide bonds. The van der Waals surface area contributed by atoms with Crippen LogP contribution >= 0.6 is 15.9 Å². The Morgan fingerprint density at radius 1 is 1.30 bits per heavy atom. The fraction of sp³-hybridized carbons (Fsp3) is 0.375. The van der Waals surface area contributed by atoms with Gasteiger partial charge in [0.25, 0.3) is 0 Å². The van der Waals surface area contributed by atoms with E-state index in [2.05, 4.69) is 47.2 Å². The lowest BCUT2D eigenvalue weighted by Crippen LogP contribution is -2.21. The Labute approximate surface area is 128 Å². The molecule has 1 aromatic carbocycles. The normalized spacial score (nSPS) is 12.3. The summed E-state index contributed by atoms with van der Waals surface area (Å²) in [5, 5.41) is 3.44. The zero-order valence-electron chi connectivity index (χ0n) is 11.9. The standard InChI is InChI=1S/C16H20BrNO2/c1-3-9-19-14-8-7-12(11-13(14)17)16(18-4-2)15-6-5-10-20-15/h5-8,10-11,16,18H,3-4,9H2,1-2H3. The highest BCUT2D eigenvalue weighted by atomic mass is 79.9. The summed E-state index contributed by atoms with van der Waals surface area (Å²) in [5.74, 6) is 1.80. The molecule has 1 unspecified atom stereocenters. The molecule has 0 bridgehead atoms. The van der Waals surface area contributed by atoms with E-state index in [-0.39, 0.29) is 6.04 Å². The maximum Gasteiger partial charge on any atom is 0.133 e. The summed E-state index contributed by atoms with van der Waals surface area (Å²) < 4.78 is 12.2. The third-order valence-electron chi connectivity index (χ3n) is 2.99. The summed E-state index contributed by atoms with van der Waals surface area (Å²) in [6.07, 6.45) is 2.70. The van der Waals surface area contributed by atoms with Crippen molar-refractivity contribution in [1.29, 1.82) is 0 Å². The Hall–Kier alpha value is -1.26. The molecule has 1 aromatic heterocycles. The number of hydrogen-bond acceptors (Lipinski definition) is 3. The van der Waals surface area contributed by atoms with E-state index in [1.54, 1.807) is 6.26 Å². The van der Waals surface area contributed by atoms with Crippen molar-refractivity contribution in [2.45, 2.75) is 26.3 Å². The van der Waals surface area contributed by atoms with Crippen molar-refractivity contribution in [2.24, 2.45) is 0 Å². The molecule has 1 N–H and O–H groups in total. The largest absolute Gasteiger partial charge is 0.492 e. The number of halogens is 1. The number of furan rings is 1. The highest BCUT2D eigenvalue weighted by molar-refractivity contribution is 9.10. The number of hydrogen-bond donors (Lipinski definition) is 1. The molecule has 0 saturated heterocycles. The fourth-order valence-electron chi connectivity index (χ4n) is 2.07. The van der Waals surface area contributed by atoms with Crippen molar-refractivity contribution in [3.05, 3.63) is 52.4 Å². The maximum absolute atomic E-state index is 5.68. The molecular weight excluding hydrogens is 318 g/mol. The van der Waals surface area contributed by atoms with Gasteiger partial charge in [-0.25, -0.2) is 0 Å². The minimum absolute atomic E-state index is 0.0616. The Kier molecular flexibility index (Phi) is 5.68. The lowest BCUT2D eigenvalue weighted by atomic mass is 10.0. The Morgan fingerprint density at radius 3 is 2.75 bits per heavy atom. The van der Waals surface area contributed by atoms with E-state index in [9.17, 15) is 0 Å². The van der Waals surface area contributed by atoms with Gasteiger partial charge in [-0.3, -0.25) is 0 Å². The summed E-state index contributed by atoms with van der Waals surface area (Å²) in [5.41, 5.74) is 1.15. The van der Waals surface area contributed by atoms with Gasteiger partial charge in [0.05, 0.1) is 23.4 Å². The molecule has 0 aliphatic rings. The number of nitrogens with one attached hydrogen (secondary N) is 1. The minimum Gasteiger partial charge on any atom is -0.492 e. The number of benzene rings is 1. The van der Waals surface area contributed by atoms with Crippen LogP contribution in [0.25, 0.3) is 0 Å². The van der Waals surface area contributed by atoms with Crippen molar-refractivity contribution in [3.8, 4) is 5.75 Å². The lowest BCUT2D eigenvalue weighted by molar-refractivity contribution is 0.315. The first kappa shape index (κ1) is 15.1. The summed E-state index contributed by atoms with van der Waals surface area (Å²) in [4.78, 5) is 0. The minimum atomic E-state index is 0.0616. The summed E-state index contributed by atoms with van der Waals surface area (Å²) in [7, 11) is 0. The molecule has 1 atom stereocenters. The van der Waals surface area contributed by atoms with E-state index in [0.29, 0.717) is 0 Å². The van der Waals surface area contributed by atoms with Crippen LogP contribution < -0.4 is 10.1 Å². The first-order chi connectivity index (χ1) is 9.76. The molecule has 2 aromatic rings. The third kappa shape index (κ3) is 3.64. The third-order valence-corrected chi connectivity index (χ3v) is 3.61. The van der Waals surface area contributed by atoms with Gasteiger partial charge in [0.15, 0.2) is 0 Å². The molecule has 0 spiro atoms. The molecule has 0 fully saturated rings. The van der Waals surface area contributed by atoms with Crippen molar-refractivity contribution in [1.82, 2.24) is 5.32 Å². The summed E-state index contributed by atoms with van der Waals surface area (Å²) in [6.45, 7) is 5.79. The molecule has 3 nitrogen and oxygen atoms in total. The molecule has 0 aliphatic heterocycles. The van der Waals surface area contributed by atoms with E-state index in [0.717, 1.165) is 41.1 Å². The number of rotatable bonds is 7. The van der Waals surface area contributed by atoms with Gasteiger partial charge in [0.1, 0.15) is 11.5 Å². The average Bonchev–Trinajstić information content (AvgIpc) is 2.97. The highest BCUT2D eigenvalue weighted by Gasteiger charge is 2.17. The van der Waals surface area contributed by atoms with Crippen molar-refractivity contribution < 1.29 is 9.15 Å². The SMILES string of the molecule is CCCOc1ccc(C(NCC)c2ccco2)cc1Br. The van der Waals surface area contributed by atoms with Crippen LogP contribution in [0, 0.1) is 0 Å². The second-order valence-electron chi connectivity index (χ2n) is 4.54. The monoisotopic (exact) mass is 337 g/mol. The molecule has 20 heavy (non-hydrogen) atoms. The van der Waals surface area contributed by atoms with E-state index in [1.807, 2.05) is 18.2 Å². The predicted molar refractivity (Wildman–Crippen MR) is 84.2 cm³/mol. The Morgan fingerprint density at radius 2 is 2.15 bits per heavy atom. The second kappa shape index (κ2) is 7.50. The van der Waals surface area contributed by atoms with Crippen molar-refractivity contribution in [2.75, 3.05) is 13.2 Å². The van der Waals surface area contributed by atoms with Crippen molar-refractivity contribution in [3.63, 3.8) is 0 Å². The predicted octanol–water partition coefficient (Wildman–Crippen LogP) is 4.53. The summed E-state index contributed by atoms with van der Waals surface area (Å²) in [6, 6.07) is 10.1. The van der Waals surface area contributed by atoms with Gasteiger partial charge in [-0.15, -0.1) is 0 Å². The molecular formula is C16H20BrNO2. The van der Waals surface area contributed by atoms with Crippen molar-refractivity contribution >= 4 is 15.9 Å². The quantitative estimate of drug-likeness (QED) is 0.805. The van der Waals surface area contributed by atoms with Crippen LogP contribution in [0.2, 0.25) is 0 Å². The smallest absolute Gasteiger partial charge is 0.133 e. The number of ether oxygens (including phenoxy) is 1. The maximum atomic E-state index is 5.68. The van der Waals surface area contributed by atoms with E-state index >= 15 is 0 Å². The zero-order valence-corrected chi connectivity index (χ0v) is 13.4. The molecule has 2 rings (SSSR count). The van der Waals surface area contributed by atoms with Crippen LogP contribution in [0.3, 0.4) is 0 Å². The molecule has 4 heteroatoms. The van der Waals surface area contributed by atoms with Gasteiger partial charge < -0.3 is 14.5 Å². The van der Waals surface area contributed by atoms with Gasteiger partial charge >= 0.3 is 0 Å². The lowest BCUT2D eigenvalue weighted by Gasteiger charge is -2.17. The fourth-order valence-corrected chi connectivity index (χ4v) is 2.58. The van der Waals surface area contributed by atoms with Gasteiger partial charge in [0.2, 0.25) is 0 Å². The van der Waals surface area contributed by atoms with Gasteiger partial charge in [-0.05, 0) is 58.7 Å². The first-order valence-electron chi connectivity index (χ1n) is 6.95. The van der Waals surface area contributed by atoms with Crippen LogP contribution in [-0.2, 0) is 0 Å². The molecule has 0 radical (unpaired) electrons. The van der Waals surface area contributed by atoms with Gasteiger partial charge in [-0.2, -0.15) is 0 Å². The van der Waals surface area contributed by atoms with Crippen LogP contribution in [0.4, 0.5) is 0 Å². The highest BCUT2D eigenvalue weighted by Crippen LogP contribution is 2.31. The van der Waals surface area contributed by atoms with Crippen LogP contribution in [0.1, 0.15) is 37.6 Å². The topological polar surface area (TPSA) is 34.4 Å². The molecule has 108 valence electrons. The van der Waals surface area contributed by atoms with Gasteiger partial charge in [0, 0.05) is 0 Å². The zero-order chi connectivity index (χ0) is 14.4. The molecule has 0 saturated carbocycles. The van der Waals surface area contributed by atoms with Crippen LogP contribution in [0.5, 0.6) is 5.75 Å². The Bertz CT molecular complexity index is 525. The first-order valence-corrected chi connectivity index (χ1v) is 7.74. The average molecular weight is 338 g/mol. The van der Waals surface area contributed by atoms with E-state index in [1.165, 1.54) is 0 Å². The summed E-state index contributed by atoms with van der Waals surface area (Å²) >= 11 is 3.58. The Balaban J connectivity index is 2.23. The van der Waals surface area contributed by atoms with E-state index in [4.69, 9.17) is 9.15 Å². The van der Waals surface area contributed by atoms with Crippen LogP contribution in [0.15, 0.2) is 45.5 Å². The van der Waals surface area contributed by atoms with Crippen LogP contribution in [-0.4, -0.2) is 13.2 Å². The molecule has 1 heterocycles. The van der Waals surface area contributed by atoms with Gasteiger partial charge in [-0.1, -0.05) is 19.9 Å². The molecule has 0 aliphatic carbocycles. The van der Waals surface area contributed by atoms with E-state index < -0.39 is 0 Å². The second-order valence-corrected chi connectivity index (χ2v) is 5.40.